The summed E-state index contributed by atoms with van der Waals surface area (Å²) in [7, 11) is 0. The maximum Gasteiger partial charge on any atom is 0.306 e. The van der Waals surface area contributed by atoms with Gasteiger partial charge in [0.25, 0.3) is 0 Å². The van der Waals surface area contributed by atoms with Gasteiger partial charge < -0.3 is 5.11 Å². The molecule has 0 heterocycles. The zero-order valence-corrected chi connectivity index (χ0v) is 8.74. The van der Waals surface area contributed by atoms with Crippen LogP contribution < -0.4 is 0 Å². The van der Waals surface area contributed by atoms with Gasteiger partial charge in [0.05, 0.1) is 5.92 Å². The van der Waals surface area contributed by atoms with Gasteiger partial charge in [-0.15, -0.1) is 0 Å². The fourth-order valence-electron chi connectivity index (χ4n) is 1.61. The summed E-state index contributed by atoms with van der Waals surface area (Å²) in [4.78, 5) is 10.9. The Labute approximate surface area is 88.7 Å². The van der Waals surface area contributed by atoms with Gasteiger partial charge in [0, 0.05) is 0 Å². The summed E-state index contributed by atoms with van der Waals surface area (Å²) in [6, 6.07) is 6.12. The molecule has 1 N–H and O–H groups in total. The molecule has 0 radical (unpaired) electrons. The number of halogens is 1. The smallest absolute Gasteiger partial charge is 0.306 e. The second kappa shape index (κ2) is 5.49. The Hall–Kier alpha value is -1.38. The Bertz CT molecular complexity index is 336. The lowest BCUT2D eigenvalue weighted by Gasteiger charge is -2.10. The van der Waals surface area contributed by atoms with Crippen molar-refractivity contribution in [1.29, 1.82) is 0 Å². The fraction of sp³-hybridized carbons (Fsp3) is 0.417. The van der Waals surface area contributed by atoms with E-state index in [1.807, 2.05) is 6.92 Å². The molecule has 2 nitrogen and oxygen atoms in total. The molecule has 1 aromatic carbocycles. The van der Waals surface area contributed by atoms with Crippen LogP contribution >= 0.6 is 0 Å². The maximum atomic E-state index is 12.9. The Kier molecular flexibility index (Phi) is 4.28. The highest BCUT2D eigenvalue weighted by Gasteiger charge is 2.16. The SMILES string of the molecule is CCCC(Cc1cccc(F)c1)C(=O)O. The van der Waals surface area contributed by atoms with Crippen LogP contribution in [0.15, 0.2) is 24.3 Å². The van der Waals surface area contributed by atoms with Crippen molar-refractivity contribution >= 4 is 5.97 Å². The van der Waals surface area contributed by atoms with Crippen LogP contribution in [0.5, 0.6) is 0 Å². The lowest BCUT2D eigenvalue weighted by atomic mass is 9.95. The van der Waals surface area contributed by atoms with E-state index < -0.39 is 11.9 Å². The monoisotopic (exact) mass is 210 g/mol. The highest BCUT2D eigenvalue weighted by molar-refractivity contribution is 5.70. The van der Waals surface area contributed by atoms with Crippen molar-refractivity contribution in [1.82, 2.24) is 0 Å². The summed E-state index contributed by atoms with van der Waals surface area (Å²) >= 11 is 0. The van der Waals surface area contributed by atoms with Crippen LogP contribution in [-0.4, -0.2) is 11.1 Å². The third kappa shape index (κ3) is 3.70. The summed E-state index contributed by atoms with van der Waals surface area (Å²) < 4.78 is 12.9. The molecule has 0 spiro atoms. The van der Waals surface area contributed by atoms with E-state index >= 15 is 0 Å². The Morgan fingerprint density at radius 3 is 2.80 bits per heavy atom. The first-order valence-corrected chi connectivity index (χ1v) is 5.10. The van der Waals surface area contributed by atoms with E-state index in [2.05, 4.69) is 0 Å². The number of benzene rings is 1. The van der Waals surface area contributed by atoms with Crippen LogP contribution in [0.3, 0.4) is 0 Å². The molecule has 0 aliphatic heterocycles. The number of hydrogen-bond donors (Lipinski definition) is 1. The van der Waals surface area contributed by atoms with Crippen LogP contribution in [0.4, 0.5) is 4.39 Å². The Morgan fingerprint density at radius 2 is 2.27 bits per heavy atom. The molecular weight excluding hydrogens is 195 g/mol. The van der Waals surface area contributed by atoms with Crippen LogP contribution in [0.2, 0.25) is 0 Å². The van der Waals surface area contributed by atoms with Crippen LogP contribution in [0.25, 0.3) is 0 Å². The van der Waals surface area contributed by atoms with E-state index in [0.29, 0.717) is 12.8 Å². The van der Waals surface area contributed by atoms with E-state index in [1.165, 1.54) is 12.1 Å². The van der Waals surface area contributed by atoms with Crippen molar-refractivity contribution in [2.75, 3.05) is 0 Å². The lowest BCUT2D eigenvalue weighted by molar-refractivity contribution is -0.141. The minimum absolute atomic E-state index is 0.312. The van der Waals surface area contributed by atoms with E-state index in [0.717, 1.165) is 12.0 Å². The zero-order valence-electron chi connectivity index (χ0n) is 8.74. The molecule has 0 aliphatic rings. The summed E-state index contributed by atoms with van der Waals surface area (Å²) in [5, 5.41) is 8.94. The molecule has 0 aliphatic carbocycles. The molecule has 82 valence electrons. The van der Waals surface area contributed by atoms with Gasteiger partial charge in [-0.05, 0) is 30.5 Å². The van der Waals surface area contributed by atoms with Gasteiger partial charge >= 0.3 is 5.97 Å². The second-order valence-corrected chi connectivity index (χ2v) is 3.66. The number of rotatable bonds is 5. The molecule has 0 saturated heterocycles. The average molecular weight is 210 g/mol. The summed E-state index contributed by atoms with van der Waals surface area (Å²) in [5.41, 5.74) is 0.746. The molecule has 0 bridgehead atoms. The highest BCUT2D eigenvalue weighted by atomic mass is 19.1. The van der Waals surface area contributed by atoms with E-state index in [1.54, 1.807) is 12.1 Å². The molecule has 1 aromatic rings. The van der Waals surface area contributed by atoms with Crippen molar-refractivity contribution in [2.45, 2.75) is 26.2 Å². The largest absolute Gasteiger partial charge is 0.481 e. The highest BCUT2D eigenvalue weighted by Crippen LogP contribution is 2.15. The van der Waals surface area contributed by atoms with Gasteiger partial charge in [-0.1, -0.05) is 25.5 Å². The molecule has 0 saturated carbocycles. The number of carboxylic acids is 1. The van der Waals surface area contributed by atoms with Crippen molar-refractivity contribution < 1.29 is 14.3 Å². The average Bonchev–Trinajstić information content (AvgIpc) is 2.17. The van der Waals surface area contributed by atoms with E-state index in [-0.39, 0.29) is 5.82 Å². The van der Waals surface area contributed by atoms with Crippen molar-refractivity contribution in [2.24, 2.45) is 5.92 Å². The lowest BCUT2D eigenvalue weighted by Crippen LogP contribution is -2.16. The van der Waals surface area contributed by atoms with Gasteiger partial charge in [-0.3, -0.25) is 4.79 Å². The normalized spacial score (nSPS) is 12.4. The minimum atomic E-state index is -0.805. The third-order valence-electron chi connectivity index (χ3n) is 2.36. The molecule has 1 atom stereocenters. The van der Waals surface area contributed by atoms with E-state index in [9.17, 15) is 9.18 Å². The molecule has 0 fully saturated rings. The van der Waals surface area contributed by atoms with Gasteiger partial charge in [0.1, 0.15) is 5.82 Å². The standard InChI is InChI=1S/C12H15FO2/c1-2-4-10(12(14)15)7-9-5-3-6-11(13)8-9/h3,5-6,8,10H,2,4,7H2,1H3,(H,14,15). The van der Waals surface area contributed by atoms with Crippen molar-refractivity contribution in [3.63, 3.8) is 0 Å². The van der Waals surface area contributed by atoms with Crippen LogP contribution in [0, 0.1) is 11.7 Å². The van der Waals surface area contributed by atoms with E-state index in [4.69, 9.17) is 5.11 Å². The quantitative estimate of drug-likeness (QED) is 0.811. The number of hydrogen-bond acceptors (Lipinski definition) is 1. The maximum absolute atomic E-state index is 12.9. The topological polar surface area (TPSA) is 37.3 Å². The predicted molar refractivity (Wildman–Crippen MR) is 56.1 cm³/mol. The van der Waals surface area contributed by atoms with Gasteiger partial charge in [0.15, 0.2) is 0 Å². The molecule has 1 unspecified atom stereocenters. The number of carboxylic acid groups (broad SMARTS) is 1. The van der Waals surface area contributed by atoms with Gasteiger partial charge in [-0.25, -0.2) is 4.39 Å². The Balaban J connectivity index is 2.69. The number of aliphatic carboxylic acids is 1. The van der Waals surface area contributed by atoms with Gasteiger partial charge in [-0.2, -0.15) is 0 Å². The molecule has 0 aromatic heterocycles. The first-order valence-electron chi connectivity index (χ1n) is 5.10. The molecule has 15 heavy (non-hydrogen) atoms. The van der Waals surface area contributed by atoms with Crippen LogP contribution in [-0.2, 0) is 11.2 Å². The summed E-state index contributed by atoms with van der Waals surface area (Å²) in [5.74, 6) is -1.52. The summed E-state index contributed by atoms with van der Waals surface area (Å²) in [6.07, 6.45) is 1.86. The van der Waals surface area contributed by atoms with Gasteiger partial charge in [0.2, 0.25) is 0 Å². The first-order chi connectivity index (χ1) is 7.13. The molecule has 3 heteroatoms. The fourth-order valence-corrected chi connectivity index (χ4v) is 1.61. The predicted octanol–water partition coefficient (Wildman–Crippen LogP) is 2.87. The second-order valence-electron chi connectivity index (χ2n) is 3.66. The van der Waals surface area contributed by atoms with Crippen LogP contribution in [0.1, 0.15) is 25.3 Å². The third-order valence-corrected chi connectivity index (χ3v) is 2.36. The number of carbonyl (C=O) groups is 1. The van der Waals surface area contributed by atoms with Crippen molar-refractivity contribution in [3.8, 4) is 0 Å². The molecule has 1 rings (SSSR count). The summed E-state index contributed by atoms with van der Waals surface area (Å²) in [6.45, 7) is 1.95. The zero-order chi connectivity index (χ0) is 11.3. The first kappa shape index (κ1) is 11.7. The van der Waals surface area contributed by atoms with Crippen molar-refractivity contribution in [3.05, 3.63) is 35.6 Å². The minimum Gasteiger partial charge on any atom is -0.481 e. The Morgan fingerprint density at radius 1 is 1.53 bits per heavy atom. The molecule has 0 amide bonds. The molecular formula is C12H15FO2.